The second-order valence-electron chi connectivity index (χ2n) is 6.18. The van der Waals surface area contributed by atoms with Gasteiger partial charge in [-0.3, -0.25) is 9.88 Å². The molecule has 0 aliphatic carbocycles. The van der Waals surface area contributed by atoms with Gasteiger partial charge in [-0.05, 0) is 48.4 Å². The van der Waals surface area contributed by atoms with Gasteiger partial charge in [-0.2, -0.15) is 11.3 Å². The van der Waals surface area contributed by atoms with Crippen LogP contribution in [0.1, 0.15) is 29.9 Å². The van der Waals surface area contributed by atoms with Gasteiger partial charge in [-0.15, -0.1) is 0 Å². The molecular formula is C18H24N4OS. The third kappa shape index (κ3) is 4.13. The minimum Gasteiger partial charge on any atom is -0.332 e. The number of aromatic nitrogens is 1. The maximum Gasteiger partial charge on any atom is 0.317 e. The van der Waals surface area contributed by atoms with E-state index in [2.05, 4.69) is 39.0 Å². The summed E-state index contributed by atoms with van der Waals surface area (Å²) in [5.41, 5.74) is 3.23. The highest BCUT2D eigenvalue weighted by molar-refractivity contribution is 7.07. The molecule has 6 heteroatoms. The fraction of sp³-hybridized carbons (Fsp3) is 0.444. The Morgan fingerprint density at radius 2 is 2.08 bits per heavy atom. The zero-order valence-electron chi connectivity index (χ0n) is 14.2. The van der Waals surface area contributed by atoms with Crippen molar-refractivity contribution in [3.8, 4) is 0 Å². The van der Waals surface area contributed by atoms with E-state index in [-0.39, 0.29) is 6.03 Å². The number of piperazine rings is 1. The minimum absolute atomic E-state index is 0.00106. The predicted octanol–water partition coefficient (Wildman–Crippen LogP) is 3.04. The average molecular weight is 344 g/mol. The first-order valence-electron chi connectivity index (χ1n) is 8.35. The van der Waals surface area contributed by atoms with Gasteiger partial charge in [0.05, 0.1) is 12.2 Å². The number of aryl methyl sites for hydroxylation is 1. The standard InChI is InChI=1S/C18H24N4OS/c1-14-4-3-5-17(20-14)12-19-18(23)22-9-7-21(8-10-22)15(2)16-6-11-24-13-16/h3-6,11,13,15H,7-10,12H2,1-2H3,(H,19,23)/t15-/m0/s1. The van der Waals surface area contributed by atoms with Crippen molar-refractivity contribution in [1.29, 1.82) is 0 Å². The van der Waals surface area contributed by atoms with Crippen molar-refractivity contribution in [3.63, 3.8) is 0 Å². The second kappa shape index (κ2) is 7.77. The summed E-state index contributed by atoms with van der Waals surface area (Å²) >= 11 is 1.74. The Kier molecular flexibility index (Phi) is 5.48. The van der Waals surface area contributed by atoms with E-state index in [9.17, 15) is 4.79 Å². The Labute approximate surface area is 147 Å². The molecule has 3 heterocycles. The van der Waals surface area contributed by atoms with Crippen LogP contribution in [0.4, 0.5) is 4.79 Å². The van der Waals surface area contributed by atoms with E-state index in [1.807, 2.05) is 30.0 Å². The summed E-state index contributed by atoms with van der Waals surface area (Å²) in [6.45, 7) is 8.02. The molecule has 1 aliphatic rings. The van der Waals surface area contributed by atoms with E-state index in [4.69, 9.17) is 0 Å². The van der Waals surface area contributed by atoms with Crippen molar-refractivity contribution >= 4 is 17.4 Å². The molecule has 0 aromatic carbocycles. The molecule has 1 atom stereocenters. The minimum atomic E-state index is 0.00106. The third-order valence-corrected chi connectivity index (χ3v) is 5.24. The molecule has 1 aliphatic heterocycles. The van der Waals surface area contributed by atoms with Crippen LogP contribution in [0, 0.1) is 6.92 Å². The monoisotopic (exact) mass is 344 g/mol. The summed E-state index contributed by atoms with van der Waals surface area (Å²) in [5.74, 6) is 0. The number of nitrogens with zero attached hydrogens (tertiary/aromatic N) is 3. The summed E-state index contributed by atoms with van der Waals surface area (Å²) in [5, 5.41) is 7.30. The number of amides is 2. The zero-order chi connectivity index (χ0) is 16.9. The molecule has 2 aromatic rings. The van der Waals surface area contributed by atoms with Crippen molar-refractivity contribution < 1.29 is 4.79 Å². The molecule has 1 fully saturated rings. The maximum absolute atomic E-state index is 12.3. The number of carbonyl (C=O) groups is 1. The highest BCUT2D eigenvalue weighted by atomic mass is 32.1. The molecule has 2 amide bonds. The van der Waals surface area contributed by atoms with Crippen LogP contribution in [0.2, 0.25) is 0 Å². The topological polar surface area (TPSA) is 48.5 Å². The van der Waals surface area contributed by atoms with E-state index < -0.39 is 0 Å². The van der Waals surface area contributed by atoms with Gasteiger partial charge in [0.2, 0.25) is 0 Å². The Bertz CT molecular complexity index is 665. The Morgan fingerprint density at radius 1 is 1.29 bits per heavy atom. The number of carbonyl (C=O) groups excluding carboxylic acids is 1. The summed E-state index contributed by atoms with van der Waals surface area (Å²) in [4.78, 5) is 21.1. The van der Waals surface area contributed by atoms with Crippen LogP contribution in [-0.2, 0) is 6.54 Å². The highest BCUT2D eigenvalue weighted by Gasteiger charge is 2.24. The lowest BCUT2D eigenvalue weighted by molar-refractivity contribution is 0.114. The van der Waals surface area contributed by atoms with Crippen LogP contribution >= 0.6 is 11.3 Å². The lowest BCUT2D eigenvalue weighted by atomic mass is 10.1. The first-order chi connectivity index (χ1) is 11.6. The van der Waals surface area contributed by atoms with Crippen LogP contribution in [0.25, 0.3) is 0 Å². The summed E-state index contributed by atoms with van der Waals surface area (Å²) < 4.78 is 0. The maximum atomic E-state index is 12.3. The van der Waals surface area contributed by atoms with Crippen LogP contribution in [-0.4, -0.2) is 47.0 Å². The van der Waals surface area contributed by atoms with E-state index in [0.717, 1.165) is 37.6 Å². The lowest BCUT2D eigenvalue weighted by Crippen LogP contribution is -2.52. The first-order valence-corrected chi connectivity index (χ1v) is 9.29. The van der Waals surface area contributed by atoms with Crippen LogP contribution in [0.5, 0.6) is 0 Å². The largest absolute Gasteiger partial charge is 0.332 e. The first kappa shape index (κ1) is 16.9. The van der Waals surface area contributed by atoms with Gasteiger partial charge in [0.25, 0.3) is 0 Å². The molecule has 1 N–H and O–H groups in total. The molecule has 0 bridgehead atoms. The molecule has 0 unspecified atom stereocenters. The Balaban J connectivity index is 1.46. The number of hydrogen-bond donors (Lipinski definition) is 1. The van der Waals surface area contributed by atoms with E-state index in [0.29, 0.717) is 12.6 Å². The number of pyridine rings is 1. The molecule has 5 nitrogen and oxygen atoms in total. The molecule has 128 valence electrons. The van der Waals surface area contributed by atoms with Crippen molar-refractivity contribution in [1.82, 2.24) is 20.1 Å². The van der Waals surface area contributed by atoms with Gasteiger partial charge in [0, 0.05) is 37.9 Å². The fourth-order valence-electron chi connectivity index (χ4n) is 3.01. The van der Waals surface area contributed by atoms with E-state index in [1.54, 1.807) is 11.3 Å². The highest BCUT2D eigenvalue weighted by Crippen LogP contribution is 2.23. The molecule has 0 saturated carbocycles. The van der Waals surface area contributed by atoms with Crippen molar-refractivity contribution in [2.45, 2.75) is 26.4 Å². The number of thiophene rings is 1. The lowest BCUT2D eigenvalue weighted by Gasteiger charge is -2.37. The number of hydrogen-bond acceptors (Lipinski definition) is 4. The van der Waals surface area contributed by atoms with Gasteiger partial charge in [-0.25, -0.2) is 4.79 Å². The molecular weight excluding hydrogens is 320 g/mol. The van der Waals surface area contributed by atoms with Gasteiger partial charge < -0.3 is 10.2 Å². The van der Waals surface area contributed by atoms with Crippen molar-refractivity contribution in [2.75, 3.05) is 26.2 Å². The molecule has 1 saturated heterocycles. The Hall–Kier alpha value is -1.92. The zero-order valence-corrected chi connectivity index (χ0v) is 15.1. The van der Waals surface area contributed by atoms with E-state index >= 15 is 0 Å². The average Bonchev–Trinajstić information content (AvgIpc) is 3.14. The van der Waals surface area contributed by atoms with Gasteiger partial charge >= 0.3 is 6.03 Å². The molecule has 24 heavy (non-hydrogen) atoms. The number of urea groups is 1. The van der Waals surface area contributed by atoms with Crippen molar-refractivity contribution in [2.24, 2.45) is 0 Å². The van der Waals surface area contributed by atoms with Crippen molar-refractivity contribution in [3.05, 3.63) is 52.0 Å². The molecule has 0 spiro atoms. The van der Waals surface area contributed by atoms with Gasteiger partial charge in [-0.1, -0.05) is 6.07 Å². The van der Waals surface area contributed by atoms with Gasteiger partial charge in [0.15, 0.2) is 0 Å². The Morgan fingerprint density at radius 3 is 2.75 bits per heavy atom. The van der Waals surface area contributed by atoms with E-state index in [1.165, 1.54) is 5.56 Å². The van der Waals surface area contributed by atoms with Crippen LogP contribution < -0.4 is 5.32 Å². The SMILES string of the molecule is Cc1cccc(CNC(=O)N2CCN([C@@H](C)c3ccsc3)CC2)n1. The number of rotatable bonds is 4. The van der Waals surface area contributed by atoms with Gasteiger partial charge in [0.1, 0.15) is 0 Å². The summed E-state index contributed by atoms with van der Waals surface area (Å²) in [6, 6.07) is 8.46. The fourth-order valence-corrected chi connectivity index (χ4v) is 3.76. The normalized spacial score (nSPS) is 16.8. The van der Waals surface area contributed by atoms with Crippen LogP contribution in [0.3, 0.4) is 0 Å². The number of nitrogens with one attached hydrogen (secondary N) is 1. The predicted molar refractivity (Wildman–Crippen MR) is 97.1 cm³/mol. The second-order valence-corrected chi connectivity index (χ2v) is 6.96. The molecule has 2 aromatic heterocycles. The molecule has 3 rings (SSSR count). The van der Waals surface area contributed by atoms with Crippen LogP contribution in [0.15, 0.2) is 35.0 Å². The third-order valence-electron chi connectivity index (χ3n) is 4.54. The quantitative estimate of drug-likeness (QED) is 0.927. The molecule has 0 radical (unpaired) electrons. The summed E-state index contributed by atoms with van der Waals surface area (Å²) in [6.07, 6.45) is 0. The smallest absolute Gasteiger partial charge is 0.317 e. The summed E-state index contributed by atoms with van der Waals surface area (Å²) in [7, 11) is 0.